The number of hydrogen-bond acceptors (Lipinski definition) is 3. The van der Waals surface area contributed by atoms with E-state index in [-0.39, 0.29) is 12.3 Å². The van der Waals surface area contributed by atoms with Crippen molar-refractivity contribution < 1.29 is 8.42 Å². The van der Waals surface area contributed by atoms with E-state index < -0.39 is 10.0 Å². The first-order valence-corrected chi connectivity index (χ1v) is 8.57. The van der Waals surface area contributed by atoms with Gasteiger partial charge in [-0.3, -0.25) is 0 Å². The summed E-state index contributed by atoms with van der Waals surface area (Å²) in [5, 5.41) is 0.376. The van der Waals surface area contributed by atoms with Gasteiger partial charge in [-0.2, -0.15) is 0 Å². The zero-order chi connectivity index (χ0) is 13.9. The van der Waals surface area contributed by atoms with Crippen LogP contribution in [0.1, 0.15) is 31.7 Å². The highest BCUT2D eigenvalue weighted by atomic mass is 35.5. The summed E-state index contributed by atoms with van der Waals surface area (Å²) in [7, 11) is -3.22. The van der Waals surface area contributed by atoms with Gasteiger partial charge in [-0.25, -0.2) is 18.1 Å². The van der Waals surface area contributed by atoms with E-state index in [1.165, 1.54) is 0 Å². The van der Waals surface area contributed by atoms with Gasteiger partial charge in [0.05, 0.1) is 5.75 Å². The van der Waals surface area contributed by atoms with Crippen LogP contribution < -0.4 is 4.72 Å². The van der Waals surface area contributed by atoms with E-state index in [4.69, 9.17) is 11.6 Å². The van der Waals surface area contributed by atoms with E-state index in [0.717, 1.165) is 24.8 Å². The molecule has 0 radical (unpaired) electrons. The predicted octanol–water partition coefficient (Wildman–Crippen LogP) is 2.59. The highest BCUT2D eigenvalue weighted by Gasteiger charge is 2.28. The number of halogens is 1. The van der Waals surface area contributed by atoms with Crippen molar-refractivity contribution in [3.05, 3.63) is 29.0 Å². The molecule has 1 saturated carbocycles. The summed E-state index contributed by atoms with van der Waals surface area (Å²) >= 11 is 5.76. The summed E-state index contributed by atoms with van der Waals surface area (Å²) in [5.74, 6) is 1.03. The monoisotopic (exact) mass is 302 g/mol. The van der Waals surface area contributed by atoms with Crippen LogP contribution in [0.2, 0.25) is 5.15 Å². The molecule has 0 saturated heterocycles. The van der Waals surface area contributed by atoms with E-state index in [2.05, 4.69) is 16.6 Å². The van der Waals surface area contributed by atoms with Crippen LogP contribution in [0.4, 0.5) is 0 Å². The Balaban J connectivity index is 1.90. The first kappa shape index (κ1) is 14.8. The molecule has 2 atom stereocenters. The van der Waals surface area contributed by atoms with Crippen LogP contribution in [0.5, 0.6) is 0 Å². The van der Waals surface area contributed by atoms with Crippen LogP contribution >= 0.6 is 11.6 Å². The lowest BCUT2D eigenvalue weighted by atomic mass is 10.0. The molecule has 2 rings (SSSR count). The fraction of sp³-hybridized carbons (Fsp3) is 0.615. The van der Waals surface area contributed by atoms with E-state index >= 15 is 0 Å². The zero-order valence-electron chi connectivity index (χ0n) is 11.0. The number of nitrogens with one attached hydrogen (secondary N) is 1. The molecule has 1 aliphatic carbocycles. The lowest BCUT2D eigenvalue weighted by Crippen LogP contribution is -2.30. The van der Waals surface area contributed by atoms with Gasteiger partial charge in [0.15, 0.2) is 0 Å². The van der Waals surface area contributed by atoms with Gasteiger partial charge < -0.3 is 0 Å². The molecule has 1 aliphatic rings. The maximum Gasteiger partial charge on any atom is 0.212 e. The molecule has 1 N–H and O–H groups in total. The van der Waals surface area contributed by atoms with Crippen molar-refractivity contribution in [3.8, 4) is 0 Å². The van der Waals surface area contributed by atoms with Gasteiger partial charge in [0, 0.05) is 12.7 Å². The van der Waals surface area contributed by atoms with Crippen LogP contribution in [0.3, 0.4) is 0 Å². The normalized spacial score (nSPS) is 23.7. The molecule has 0 unspecified atom stereocenters. The van der Waals surface area contributed by atoms with Crippen molar-refractivity contribution in [2.45, 2.75) is 32.7 Å². The van der Waals surface area contributed by atoms with E-state index in [0.29, 0.717) is 17.0 Å². The van der Waals surface area contributed by atoms with Crippen molar-refractivity contribution in [2.24, 2.45) is 11.8 Å². The molecule has 4 nitrogen and oxygen atoms in total. The topological polar surface area (TPSA) is 59.1 Å². The SMILES string of the molecule is C[C@@H]1CCC[C@H]1CS(=O)(=O)NCc1ccnc(Cl)c1. The predicted molar refractivity (Wildman–Crippen MR) is 76.4 cm³/mol. The average Bonchev–Trinajstić information content (AvgIpc) is 2.72. The Morgan fingerprint density at radius 3 is 2.89 bits per heavy atom. The minimum Gasteiger partial charge on any atom is -0.245 e. The average molecular weight is 303 g/mol. The second-order valence-corrected chi connectivity index (χ2v) is 7.50. The maximum absolute atomic E-state index is 12.0. The van der Waals surface area contributed by atoms with E-state index in [1.807, 2.05) is 0 Å². The first-order valence-electron chi connectivity index (χ1n) is 6.54. The Labute approximate surface area is 119 Å². The molecule has 1 heterocycles. The Hall–Kier alpha value is -0.650. The van der Waals surface area contributed by atoms with E-state index in [9.17, 15) is 8.42 Å². The van der Waals surface area contributed by atoms with Gasteiger partial charge in [-0.15, -0.1) is 0 Å². The fourth-order valence-corrected chi connectivity index (χ4v) is 4.32. The van der Waals surface area contributed by atoms with Crippen LogP contribution in [0, 0.1) is 11.8 Å². The zero-order valence-corrected chi connectivity index (χ0v) is 12.5. The number of aromatic nitrogens is 1. The highest BCUT2D eigenvalue weighted by molar-refractivity contribution is 7.89. The minimum atomic E-state index is -3.22. The number of sulfonamides is 1. The fourth-order valence-electron chi connectivity index (χ4n) is 2.56. The molecule has 6 heteroatoms. The summed E-state index contributed by atoms with van der Waals surface area (Å²) in [6, 6.07) is 3.43. The van der Waals surface area contributed by atoms with Crippen LogP contribution in [-0.4, -0.2) is 19.2 Å². The maximum atomic E-state index is 12.0. The molecule has 0 bridgehead atoms. The van der Waals surface area contributed by atoms with Gasteiger partial charge >= 0.3 is 0 Å². The third-order valence-corrected chi connectivity index (χ3v) is 5.42. The highest BCUT2D eigenvalue weighted by Crippen LogP contribution is 2.31. The summed E-state index contributed by atoms with van der Waals surface area (Å²) in [5.41, 5.74) is 0.822. The molecular weight excluding hydrogens is 284 g/mol. The second-order valence-electron chi connectivity index (χ2n) is 5.26. The lowest BCUT2D eigenvalue weighted by Gasteiger charge is -2.15. The number of pyridine rings is 1. The summed E-state index contributed by atoms with van der Waals surface area (Å²) in [6.45, 7) is 2.40. The van der Waals surface area contributed by atoms with Crippen LogP contribution in [-0.2, 0) is 16.6 Å². The van der Waals surface area contributed by atoms with Crippen LogP contribution in [0.15, 0.2) is 18.3 Å². The van der Waals surface area contributed by atoms with Crippen molar-refractivity contribution in [1.29, 1.82) is 0 Å². The van der Waals surface area contributed by atoms with Gasteiger partial charge in [0.25, 0.3) is 0 Å². The third-order valence-electron chi connectivity index (χ3n) is 3.76. The van der Waals surface area contributed by atoms with Gasteiger partial charge in [0.2, 0.25) is 10.0 Å². The summed E-state index contributed by atoms with van der Waals surface area (Å²) < 4.78 is 26.7. The number of rotatable bonds is 5. The Bertz CT molecular complexity index is 533. The molecule has 0 aromatic carbocycles. The molecule has 1 fully saturated rings. The smallest absolute Gasteiger partial charge is 0.212 e. The lowest BCUT2D eigenvalue weighted by molar-refractivity contribution is 0.450. The molecular formula is C13H19ClN2O2S. The first-order chi connectivity index (χ1) is 8.96. The minimum absolute atomic E-state index is 0.229. The molecule has 1 aromatic heterocycles. The standard InChI is InChI=1S/C13H19ClN2O2S/c1-10-3-2-4-12(10)9-19(17,18)16-8-11-5-6-15-13(14)7-11/h5-7,10,12,16H,2-4,8-9H2,1H3/t10-,12+/m1/s1. The van der Waals surface area contributed by atoms with Crippen LogP contribution in [0.25, 0.3) is 0 Å². The third kappa shape index (κ3) is 4.44. The largest absolute Gasteiger partial charge is 0.245 e. The molecule has 0 aliphatic heterocycles. The van der Waals surface area contributed by atoms with Gasteiger partial charge in [-0.1, -0.05) is 31.4 Å². The quantitative estimate of drug-likeness (QED) is 0.851. The molecule has 1 aromatic rings. The van der Waals surface area contributed by atoms with Gasteiger partial charge in [0.1, 0.15) is 5.15 Å². The Morgan fingerprint density at radius 1 is 1.47 bits per heavy atom. The molecule has 0 spiro atoms. The Morgan fingerprint density at radius 2 is 2.26 bits per heavy atom. The van der Waals surface area contributed by atoms with Crippen molar-refractivity contribution >= 4 is 21.6 Å². The number of hydrogen-bond donors (Lipinski definition) is 1. The van der Waals surface area contributed by atoms with Gasteiger partial charge in [-0.05, 0) is 36.0 Å². The van der Waals surface area contributed by atoms with Crippen molar-refractivity contribution in [2.75, 3.05) is 5.75 Å². The molecule has 106 valence electrons. The summed E-state index contributed by atoms with van der Waals surface area (Å²) in [4.78, 5) is 3.87. The second kappa shape index (κ2) is 6.20. The van der Waals surface area contributed by atoms with E-state index in [1.54, 1.807) is 18.3 Å². The number of nitrogens with zero attached hydrogens (tertiary/aromatic N) is 1. The summed E-state index contributed by atoms with van der Waals surface area (Å²) in [6.07, 6.45) is 4.87. The van der Waals surface area contributed by atoms with Crippen molar-refractivity contribution in [1.82, 2.24) is 9.71 Å². The van der Waals surface area contributed by atoms with Crippen molar-refractivity contribution in [3.63, 3.8) is 0 Å². The molecule has 0 amide bonds. The molecule has 19 heavy (non-hydrogen) atoms. The Kier molecular flexibility index (Phi) is 4.81.